The largest absolute Gasteiger partial charge is 0.268 e. The minimum atomic E-state index is -3.68. The summed E-state index contributed by atoms with van der Waals surface area (Å²) in [4.78, 5) is 12.2. The van der Waals surface area contributed by atoms with E-state index in [-0.39, 0.29) is 23.5 Å². The fourth-order valence-corrected chi connectivity index (χ4v) is 4.04. The summed E-state index contributed by atoms with van der Waals surface area (Å²) in [6.45, 7) is 5.73. The van der Waals surface area contributed by atoms with E-state index in [2.05, 4.69) is 14.9 Å². The molecule has 0 aliphatic carbocycles. The van der Waals surface area contributed by atoms with Crippen LogP contribution in [0.4, 0.5) is 0 Å². The maximum Gasteiger partial charge on any atom is 0.266 e. The van der Waals surface area contributed by atoms with Crippen molar-refractivity contribution >= 4 is 10.0 Å². The van der Waals surface area contributed by atoms with E-state index in [9.17, 15) is 13.2 Å². The highest BCUT2D eigenvalue weighted by Gasteiger charge is 2.17. The zero-order valence-corrected chi connectivity index (χ0v) is 16.2. The molecule has 0 unspecified atom stereocenters. The zero-order valence-electron chi connectivity index (χ0n) is 15.4. The molecule has 0 aliphatic heterocycles. The highest BCUT2D eigenvalue weighted by atomic mass is 32.2. The third kappa shape index (κ3) is 4.15. The summed E-state index contributed by atoms with van der Waals surface area (Å²) >= 11 is 0. The van der Waals surface area contributed by atoms with Crippen molar-refractivity contribution in [3.05, 3.63) is 69.8 Å². The van der Waals surface area contributed by atoms with E-state index in [1.54, 1.807) is 37.5 Å². The summed E-state index contributed by atoms with van der Waals surface area (Å²) in [5.41, 5.74) is 2.32. The van der Waals surface area contributed by atoms with Crippen molar-refractivity contribution in [2.75, 3.05) is 6.54 Å². The van der Waals surface area contributed by atoms with Gasteiger partial charge in [0.15, 0.2) is 5.82 Å². The Morgan fingerprint density at radius 2 is 1.81 bits per heavy atom. The van der Waals surface area contributed by atoms with Crippen molar-refractivity contribution in [3.8, 4) is 5.82 Å². The molecule has 3 rings (SSSR count). The maximum absolute atomic E-state index is 12.6. The van der Waals surface area contributed by atoms with Crippen LogP contribution in [0, 0.1) is 20.8 Å². The van der Waals surface area contributed by atoms with Gasteiger partial charge in [-0.2, -0.15) is 5.10 Å². The van der Waals surface area contributed by atoms with Crippen LogP contribution in [-0.2, 0) is 16.6 Å². The number of aromatic nitrogens is 4. The van der Waals surface area contributed by atoms with E-state index in [0.717, 1.165) is 11.1 Å². The van der Waals surface area contributed by atoms with Gasteiger partial charge in [-0.25, -0.2) is 22.5 Å². The second-order valence-corrected chi connectivity index (χ2v) is 8.04. The van der Waals surface area contributed by atoms with Gasteiger partial charge in [0.2, 0.25) is 10.0 Å². The lowest BCUT2D eigenvalue weighted by molar-refractivity contribution is 0.541. The molecule has 3 aromatic rings. The molecular formula is C18H21N5O3S. The number of hydrogen-bond acceptors (Lipinski definition) is 5. The normalized spacial score (nSPS) is 11.7. The Balaban J connectivity index is 1.75. The molecule has 2 aromatic heterocycles. The van der Waals surface area contributed by atoms with E-state index in [1.165, 1.54) is 15.4 Å². The predicted molar refractivity (Wildman–Crippen MR) is 101 cm³/mol. The molecule has 8 nitrogen and oxygen atoms in total. The van der Waals surface area contributed by atoms with Crippen LogP contribution in [0.25, 0.3) is 5.82 Å². The van der Waals surface area contributed by atoms with Gasteiger partial charge in [-0.1, -0.05) is 6.07 Å². The predicted octanol–water partition coefficient (Wildman–Crippen LogP) is 1.33. The molecule has 27 heavy (non-hydrogen) atoms. The Labute approximate surface area is 157 Å². The van der Waals surface area contributed by atoms with Crippen molar-refractivity contribution in [2.45, 2.75) is 32.2 Å². The number of hydrogen-bond donors (Lipinski definition) is 1. The Hall–Kier alpha value is -2.78. The topological polar surface area (TPSA) is 98.9 Å². The molecule has 0 saturated heterocycles. The number of aryl methyl sites for hydroxylation is 3. The Kier molecular flexibility index (Phi) is 5.24. The van der Waals surface area contributed by atoms with Gasteiger partial charge in [0.05, 0.1) is 11.4 Å². The van der Waals surface area contributed by atoms with E-state index in [1.807, 2.05) is 19.9 Å². The monoisotopic (exact) mass is 387 g/mol. The van der Waals surface area contributed by atoms with E-state index in [4.69, 9.17) is 0 Å². The van der Waals surface area contributed by atoms with Gasteiger partial charge in [0, 0.05) is 25.0 Å². The second kappa shape index (κ2) is 7.45. The summed E-state index contributed by atoms with van der Waals surface area (Å²) in [5.74, 6) is 0.479. The molecule has 0 amide bonds. The lowest BCUT2D eigenvalue weighted by atomic mass is 10.1. The summed E-state index contributed by atoms with van der Waals surface area (Å²) in [5, 5.41) is 8.29. The Morgan fingerprint density at radius 3 is 2.52 bits per heavy atom. The molecule has 0 spiro atoms. The first kappa shape index (κ1) is 19.0. The molecule has 0 radical (unpaired) electrons. The number of benzene rings is 1. The molecule has 0 atom stereocenters. The highest BCUT2D eigenvalue weighted by Crippen LogP contribution is 2.19. The van der Waals surface area contributed by atoms with Crippen LogP contribution in [0.1, 0.15) is 16.7 Å². The number of rotatable bonds is 6. The molecular weight excluding hydrogens is 366 g/mol. The average Bonchev–Trinajstić information content (AvgIpc) is 3.14. The quantitative estimate of drug-likeness (QED) is 0.688. The van der Waals surface area contributed by atoms with Crippen LogP contribution in [0.3, 0.4) is 0 Å². The molecule has 0 fully saturated rings. The van der Waals surface area contributed by atoms with Gasteiger partial charge in [0.1, 0.15) is 0 Å². The SMILES string of the molecule is Cc1cc(C)c(S(=O)(=O)NCCn2nc(-n3cccn3)ccc2=O)cc1C. The van der Waals surface area contributed by atoms with Crippen molar-refractivity contribution in [1.82, 2.24) is 24.3 Å². The zero-order chi connectivity index (χ0) is 19.6. The lowest BCUT2D eigenvalue weighted by Crippen LogP contribution is -2.32. The highest BCUT2D eigenvalue weighted by molar-refractivity contribution is 7.89. The third-order valence-electron chi connectivity index (χ3n) is 4.29. The van der Waals surface area contributed by atoms with Crippen LogP contribution >= 0.6 is 0 Å². The van der Waals surface area contributed by atoms with Crippen molar-refractivity contribution < 1.29 is 8.42 Å². The van der Waals surface area contributed by atoms with Crippen LogP contribution in [-0.4, -0.2) is 34.5 Å². The standard InChI is InChI=1S/C18H21N5O3S/c1-13-11-15(3)16(12-14(13)2)27(25,26)20-8-10-23-18(24)6-5-17(21-23)22-9-4-7-19-22/h4-7,9,11-12,20H,8,10H2,1-3H3. The first-order valence-electron chi connectivity index (χ1n) is 8.43. The van der Waals surface area contributed by atoms with Crippen molar-refractivity contribution in [1.29, 1.82) is 0 Å². The summed E-state index contributed by atoms with van der Waals surface area (Å²) in [7, 11) is -3.68. The van der Waals surface area contributed by atoms with Gasteiger partial charge >= 0.3 is 0 Å². The molecule has 2 heterocycles. The second-order valence-electron chi connectivity index (χ2n) is 6.30. The van der Waals surface area contributed by atoms with Crippen LogP contribution in [0.5, 0.6) is 0 Å². The number of sulfonamides is 1. The third-order valence-corrected chi connectivity index (χ3v) is 5.89. The van der Waals surface area contributed by atoms with Crippen LogP contribution in [0.2, 0.25) is 0 Å². The summed E-state index contributed by atoms with van der Waals surface area (Å²) < 4.78 is 30.5. The average molecular weight is 387 g/mol. The minimum absolute atomic E-state index is 0.0458. The molecule has 1 aromatic carbocycles. The van der Waals surface area contributed by atoms with E-state index < -0.39 is 10.0 Å². The molecule has 142 valence electrons. The van der Waals surface area contributed by atoms with Crippen molar-refractivity contribution in [3.63, 3.8) is 0 Å². The van der Waals surface area contributed by atoms with Gasteiger partial charge in [0.25, 0.3) is 5.56 Å². The van der Waals surface area contributed by atoms with Gasteiger partial charge in [-0.05, 0) is 55.7 Å². The van der Waals surface area contributed by atoms with Crippen LogP contribution in [0.15, 0.2) is 52.4 Å². The summed E-state index contributed by atoms with van der Waals surface area (Å²) in [6.07, 6.45) is 3.32. The van der Waals surface area contributed by atoms with E-state index in [0.29, 0.717) is 11.4 Å². The molecule has 0 bridgehead atoms. The minimum Gasteiger partial charge on any atom is -0.268 e. The first-order valence-corrected chi connectivity index (χ1v) is 9.92. The van der Waals surface area contributed by atoms with Gasteiger partial charge < -0.3 is 0 Å². The fraction of sp³-hybridized carbons (Fsp3) is 0.278. The molecule has 1 N–H and O–H groups in total. The number of nitrogens with zero attached hydrogens (tertiary/aromatic N) is 4. The fourth-order valence-electron chi connectivity index (χ4n) is 2.71. The smallest absolute Gasteiger partial charge is 0.266 e. The molecule has 0 aliphatic rings. The Bertz CT molecular complexity index is 1120. The van der Waals surface area contributed by atoms with Crippen LogP contribution < -0.4 is 10.3 Å². The van der Waals surface area contributed by atoms with Gasteiger partial charge in [-0.15, -0.1) is 5.10 Å². The lowest BCUT2D eigenvalue weighted by Gasteiger charge is -2.12. The Morgan fingerprint density at radius 1 is 1.07 bits per heavy atom. The van der Waals surface area contributed by atoms with E-state index >= 15 is 0 Å². The maximum atomic E-state index is 12.6. The van der Waals surface area contributed by atoms with Crippen molar-refractivity contribution in [2.24, 2.45) is 0 Å². The molecule has 9 heteroatoms. The number of nitrogens with one attached hydrogen (secondary N) is 1. The summed E-state index contributed by atoms with van der Waals surface area (Å²) in [6, 6.07) is 8.21. The van der Waals surface area contributed by atoms with Gasteiger partial charge in [-0.3, -0.25) is 4.79 Å². The molecule has 0 saturated carbocycles. The first-order chi connectivity index (χ1) is 12.8.